The number of halogens is 1. The summed E-state index contributed by atoms with van der Waals surface area (Å²) in [5.74, 6) is -0.498. The highest BCUT2D eigenvalue weighted by Crippen LogP contribution is 2.21. The number of thioether (sulfide) groups is 1. The Balaban J connectivity index is 2.29. The molecule has 1 aromatic heterocycles. The van der Waals surface area contributed by atoms with Gasteiger partial charge in [0.15, 0.2) is 5.78 Å². The summed E-state index contributed by atoms with van der Waals surface area (Å²) in [7, 11) is 2.73. The van der Waals surface area contributed by atoms with Gasteiger partial charge < -0.3 is 5.73 Å². The molecule has 2 N–H and O–H groups in total. The minimum Gasteiger partial charge on any atom is -0.384 e. The molecule has 0 bridgehead atoms. The van der Waals surface area contributed by atoms with Crippen LogP contribution in [-0.4, -0.2) is 20.7 Å². The van der Waals surface area contributed by atoms with Crippen molar-refractivity contribution in [3.05, 3.63) is 55.7 Å². The van der Waals surface area contributed by atoms with Gasteiger partial charge in [-0.3, -0.25) is 18.7 Å². The van der Waals surface area contributed by atoms with Crippen LogP contribution in [0.25, 0.3) is 0 Å². The third-order valence-electron chi connectivity index (χ3n) is 3.17. The van der Waals surface area contributed by atoms with Crippen LogP contribution in [0.3, 0.4) is 0 Å². The fourth-order valence-electron chi connectivity index (χ4n) is 1.87. The Kier molecular flexibility index (Phi) is 4.77. The molecule has 0 spiro atoms. The highest BCUT2D eigenvalue weighted by molar-refractivity contribution is 8.00. The van der Waals surface area contributed by atoms with E-state index >= 15 is 0 Å². The molecule has 0 radical (unpaired) electrons. The van der Waals surface area contributed by atoms with Crippen molar-refractivity contribution in [1.29, 1.82) is 0 Å². The Labute approximate surface area is 135 Å². The molecule has 0 atom stereocenters. The number of hydrogen-bond donors (Lipinski definition) is 1. The van der Waals surface area contributed by atoms with Crippen LogP contribution < -0.4 is 17.0 Å². The zero-order chi connectivity index (χ0) is 16.4. The third-order valence-corrected chi connectivity index (χ3v) is 4.44. The second-order valence-corrected chi connectivity index (χ2v) is 6.12. The van der Waals surface area contributed by atoms with Crippen molar-refractivity contribution in [3.8, 4) is 0 Å². The highest BCUT2D eigenvalue weighted by Gasteiger charge is 2.20. The molecule has 8 heteroatoms. The number of benzene rings is 1. The number of rotatable bonds is 4. The molecule has 0 saturated carbocycles. The Bertz CT molecular complexity index is 840. The van der Waals surface area contributed by atoms with Crippen molar-refractivity contribution < 1.29 is 4.79 Å². The molecular weight excluding hydrogens is 326 g/mol. The van der Waals surface area contributed by atoms with Crippen molar-refractivity contribution in [1.82, 2.24) is 9.13 Å². The minimum atomic E-state index is -0.678. The molecule has 0 aliphatic heterocycles. The number of nitrogen functional groups attached to an aromatic ring is 1. The molecule has 1 aromatic carbocycles. The van der Waals surface area contributed by atoms with E-state index in [4.69, 9.17) is 17.3 Å². The predicted octanol–water partition coefficient (Wildman–Crippen LogP) is 1.29. The quantitative estimate of drug-likeness (QED) is 0.670. The number of anilines is 1. The van der Waals surface area contributed by atoms with Crippen LogP contribution in [0, 0.1) is 0 Å². The number of carbonyl (C=O) groups is 1. The lowest BCUT2D eigenvalue weighted by Gasteiger charge is -2.10. The first-order valence-electron chi connectivity index (χ1n) is 6.30. The Morgan fingerprint density at radius 2 is 1.77 bits per heavy atom. The highest BCUT2D eigenvalue weighted by atomic mass is 35.5. The molecule has 0 unspecified atom stereocenters. The van der Waals surface area contributed by atoms with Gasteiger partial charge in [0.25, 0.3) is 5.56 Å². The smallest absolute Gasteiger partial charge is 0.332 e. The SMILES string of the molecule is Cn1c(N)c(C(=O)CSc2ccc(Cl)cc2)c(=O)n(C)c1=O. The summed E-state index contributed by atoms with van der Waals surface area (Å²) in [4.78, 5) is 36.9. The van der Waals surface area contributed by atoms with Crippen molar-refractivity contribution >= 4 is 35.0 Å². The first kappa shape index (κ1) is 16.4. The monoisotopic (exact) mass is 339 g/mol. The van der Waals surface area contributed by atoms with Gasteiger partial charge in [0, 0.05) is 24.0 Å². The third kappa shape index (κ3) is 3.10. The molecule has 2 aromatic rings. The van der Waals surface area contributed by atoms with Gasteiger partial charge in [-0.2, -0.15) is 0 Å². The van der Waals surface area contributed by atoms with Crippen molar-refractivity contribution in [2.24, 2.45) is 14.1 Å². The van der Waals surface area contributed by atoms with E-state index in [1.54, 1.807) is 24.3 Å². The fraction of sp³-hybridized carbons (Fsp3) is 0.214. The number of aromatic nitrogens is 2. The van der Waals surface area contributed by atoms with Gasteiger partial charge in [-0.1, -0.05) is 11.6 Å². The molecule has 0 fully saturated rings. The van der Waals surface area contributed by atoms with Gasteiger partial charge in [0.1, 0.15) is 11.4 Å². The Morgan fingerprint density at radius 3 is 2.36 bits per heavy atom. The molecule has 0 saturated heterocycles. The molecule has 116 valence electrons. The Morgan fingerprint density at radius 1 is 1.18 bits per heavy atom. The number of nitrogens with zero attached hydrogens (tertiary/aromatic N) is 2. The largest absolute Gasteiger partial charge is 0.384 e. The number of hydrogen-bond acceptors (Lipinski definition) is 5. The van der Waals surface area contributed by atoms with Crippen molar-refractivity contribution in [2.75, 3.05) is 11.5 Å². The average Bonchev–Trinajstić information content (AvgIpc) is 2.50. The number of ketones is 1. The summed E-state index contributed by atoms with van der Waals surface area (Å²) in [6.07, 6.45) is 0. The summed E-state index contributed by atoms with van der Waals surface area (Å²) in [6, 6.07) is 6.99. The summed E-state index contributed by atoms with van der Waals surface area (Å²) >= 11 is 7.06. The van der Waals surface area contributed by atoms with Gasteiger partial charge in [-0.15, -0.1) is 11.8 Å². The summed E-state index contributed by atoms with van der Waals surface area (Å²) in [6.45, 7) is 0. The number of carbonyl (C=O) groups excluding carboxylic acids is 1. The van der Waals surface area contributed by atoms with E-state index in [2.05, 4.69) is 0 Å². The van der Waals surface area contributed by atoms with E-state index in [1.165, 1.54) is 25.9 Å². The van der Waals surface area contributed by atoms with Crippen LogP contribution in [-0.2, 0) is 14.1 Å². The number of nitrogens with two attached hydrogens (primary N) is 1. The maximum atomic E-state index is 12.3. The van der Waals surface area contributed by atoms with E-state index < -0.39 is 17.0 Å². The summed E-state index contributed by atoms with van der Waals surface area (Å²) < 4.78 is 1.96. The van der Waals surface area contributed by atoms with Gasteiger partial charge >= 0.3 is 5.69 Å². The first-order valence-corrected chi connectivity index (χ1v) is 7.66. The summed E-state index contributed by atoms with van der Waals surface area (Å²) in [5.41, 5.74) is 4.34. The van der Waals surface area contributed by atoms with Crippen molar-refractivity contribution in [3.63, 3.8) is 0 Å². The molecule has 0 aliphatic carbocycles. The van der Waals surface area contributed by atoms with Crippen LogP contribution >= 0.6 is 23.4 Å². The zero-order valence-electron chi connectivity index (χ0n) is 12.0. The fourth-order valence-corrected chi connectivity index (χ4v) is 2.77. The van der Waals surface area contributed by atoms with E-state index in [9.17, 15) is 14.4 Å². The normalized spacial score (nSPS) is 10.7. The van der Waals surface area contributed by atoms with Gasteiger partial charge in [-0.05, 0) is 24.3 Å². The molecule has 0 amide bonds. The minimum absolute atomic E-state index is 0.0409. The maximum Gasteiger partial charge on any atom is 0.332 e. The lowest BCUT2D eigenvalue weighted by molar-refractivity contribution is 0.102. The van der Waals surface area contributed by atoms with Gasteiger partial charge in [0.2, 0.25) is 0 Å². The second-order valence-electron chi connectivity index (χ2n) is 4.63. The predicted molar refractivity (Wildman–Crippen MR) is 87.8 cm³/mol. The lowest BCUT2D eigenvalue weighted by atomic mass is 10.2. The maximum absolute atomic E-state index is 12.3. The van der Waals surface area contributed by atoms with Gasteiger partial charge in [0.05, 0.1) is 5.75 Å². The van der Waals surface area contributed by atoms with Crippen molar-refractivity contribution in [2.45, 2.75) is 4.90 Å². The van der Waals surface area contributed by atoms with Crippen LogP contribution in [0.4, 0.5) is 5.82 Å². The standard InChI is InChI=1S/C14H14ClN3O3S/c1-17-12(16)11(13(20)18(2)14(17)21)10(19)7-22-9-5-3-8(15)4-6-9/h3-6H,7,16H2,1-2H3. The molecule has 0 aliphatic rings. The zero-order valence-corrected chi connectivity index (χ0v) is 13.6. The molecule has 2 rings (SSSR count). The van der Waals surface area contributed by atoms with Crippen LogP contribution in [0.5, 0.6) is 0 Å². The molecule has 6 nitrogen and oxygen atoms in total. The van der Waals surface area contributed by atoms with E-state index in [-0.39, 0.29) is 17.1 Å². The van der Waals surface area contributed by atoms with E-state index in [0.717, 1.165) is 14.0 Å². The topological polar surface area (TPSA) is 87.1 Å². The first-order chi connectivity index (χ1) is 10.3. The Hall–Kier alpha value is -1.99. The van der Waals surface area contributed by atoms with E-state index in [1.807, 2.05) is 0 Å². The number of Topliss-reactive ketones (excluding diaryl/α,β-unsaturated/α-hetero) is 1. The molecule has 22 heavy (non-hydrogen) atoms. The lowest BCUT2D eigenvalue weighted by Crippen LogP contribution is -2.41. The summed E-state index contributed by atoms with van der Waals surface area (Å²) in [5, 5.41) is 0.604. The average molecular weight is 340 g/mol. The molecular formula is C14H14ClN3O3S. The molecule has 1 heterocycles. The van der Waals surface area contributed by atoms with Crippen LogP contribution in [0.1, 0.15) is 10.4 Å². The second kappa shape index (κ2) is 6.41. The van der Waals surface area contributed by atoms with Gasteiger partial charge in [-0.25, -0.2) is 4.79 Å². The van der Waals surface area contributed by atoms with Crippen LogP contribution in [0.2, 0.25) is 5.02 Å². The van der Waals surface area contributed by atoms with Crippen LogP contribution in [0.15, 0.2) is 38.8 Å². The van der Waals surface area contributed by atoms with E-state index in [0.29, 0.717) is 5.02 Å².